The number of carbonyl (C=O) groups excluding carboxylic acids is 1. The number of fused-ring (bicyclic) bond motifs is 1. The van der Waals surface area contributed by atoms with Gasteiger partial charge in [0.15, 0.2) is 5.17 Å². The first kappa shape index (κ1) is 14.6. The summed E-state index contributed by atoms with van der Waals surface area (Å²) in [5, 5.41) is 0.265. The van der Waals surface area contributed by atoms with E-state index in [0.717, 1.165) is 12.1 Å². The van der Waals surface area contributed by atoms with Gasteiger partial charge in [-0.2, -0.15) is 12.6 Å². The minimum absolute atomic E-state index is 0.0172. The predicted molar refractivity (Wildman–Crippen MR) is 79.4 cm³/mol. The minimum atomic E-state index is -1.24. The molecule has 21 heavy (non-hydrogen) atoms. The molecule has 3 rings (SSSR count). The van der Waals surface area contributed by atoms with E-state index in [1.54, 1.807) is 0 Å². The molecule has 2 atom stereocenters. The van der Waals surface area contributed by atoms with Crippen molar-refractivity contribution in [2.24, 2.45) is 10.7 Å². The van der Waals surface area contributed by atoms with E-state index in [2.05, 4.69) is 17.6 Å². The number of ether oxygens (including phenoxy) is 1. The molecule has 2 aliphatic rings. The highest BCUT2D eigenvalue weighted by Crippen LogP contribution is 2.51. The molecule has 1 fully saturated rings. The third-order valence-corrected chi connectivity index (χ3v) is 5.71. The van der Waals surface area contributed by atoms with Crippen molar-refractivity contribution in [3.63, 3.8) is 0 Å². The molecule has 0 saturated carbocycles. The zero-order valence-corrected chi connectivity index (χ0v) is 12.5. The summed E-state index contributed by atoms with van der Waals surface area (Å²) in [6, 6.07) is 3.23. The third-order valence-electron chi connectivity index (χ3n) is 3.79. The molecule has 0 bridgehead atoms. The van der Waals surface area contributed by atoms with Crippen molar-refractivity contribution in [2.45, 2.75) is 16.7 Å². The van der Waals surface area contributed by atoms with E-state index in [4.69, 9.17) is 10.5 Å². The number of thiol groups is 1. The average molecular weight is 330 g/mol. The molecule has 2 unspecified atom stereocenters. The molecule has 2 N–H and O–H groups in total. The van der Waals surface area contributed by atoms with Gasteiger partial charge in [-0.1, -0.05) is 17.8 Å². The number of hydrogen-bond donors (Lipinski definition) is 2. The van der Waals surface area contributed by atoms with Crippen molar-refractivity contribution in [1.82, 2.24) is 0 Å². The quantitative estimate of drug-likeness (QED) is 0.609. The van der Waals surface area contributed by atoms with Crippen LogP contribution in [0.3, 0.4) is 0 Å². The molecule has 0 amide bonds. The molecule has 1 saturated heterocycles. The Balaban J connectivity index is 2.21. The van der Waals surface area contributed by atoms with E-state index in [9.17, 15) is 13.6 Å². The molecule has 112 valence electrons. The molecule has 4 nitrogen and oxygen atoms in total. The second kappa shape index (κ2) is 4.88. The van der Waals surface area contributed by atoms with Crippen molar-refractivity contribution >= 4 is 35.5 Å². The van der Waals surface area contributed by atoms with Gasteiger partial charge in [0.2, 0.25) is 0 Å². The van der Waals surface area contributed by atoms with Crippen LogP contribution in [0.25, 0.3) is 0 Å². The van der Waals surface area contributed by atoms with Crippen LogP contribution in [0, 0.1) is 11.6 Å². The lowest BCUT2D eigenvalue weighted by Gasteiger charge is -2.49. The van der Waals surface area contributed by atoms with E-state index < -0.39 is 27.9 Å². The number of benzene rings is 1. The van der Waals surface area contributed by atoms with E-state index in [1.807, 2.05) is 0 Å². The third kappa shape index (κ3) is 2.20. The van der Waals surface area contributed by atoms with Gasteiger partial charge < -0.3 is 10.5 Å². The molecule has 0 aromatic heterocycles. The minimum Gasteiger partial charge on any atom is -0.463 e. The summed E-state index contributed by atoms with van der Waals surface area (Å²) < 4.78 is 31.6. The van der Waals surface area contributed by atoms with Gasteiger partial charge in [0.05, 0.1) is 11.2 Å². The standard InChI is InChI=1S/C13H12F2N2O2S2/c14-7-1-2-8(9(15)3-7)13-5-19-10(18)4-12(13,20)6-21-11(16)17-13/h1-3,20H,4-6H2,(H2,16,17). The summed E-state index contributed by atoms with van der Waals surface area (Å²) in [6.07, 6.45) is -0.0172. The fraction of sp³-hybridized carbons (Fsp3) is 0.385. The molecule has 2 aliphatic heterocycles. The lowest BCUT2D eigenvalue weighted by molar-refractivity contribution is -0.152. The maximum Gasteiger partial charge on any atom is 0.307 e. The smallest absolute Gasteiger partial charge is 0.307 e. The lowest BCUT2D eigenvalue weighted by Crippen LogP contribution is -2.59. The number of rotatable bonds is 1. The van der Waals surface area contributed by atoms with Crippen LogP contribution in [0.2, 0.25) is 0 Å². The van der Waals surface area contributed by atoms with Crippen LogP contribution in [-0.4, -0.2) is 28.2 Å². The molecule has 0 spiro atoms. The largest absolute Gasteiger partial charge is 0.463 e. The zero-order chi connectivity index (χ0) is 15.3. The number of aliphatic imine (C=N–C) groups is 1. The van der Waals surface area contributed by atoms with E-state index in [1.165, 1.54) is 17.8 Å². The predicted octanol–water partition coefficient (Wildman–Crippen LogP) is 1.84. The van der Waals surface area contributed by atoms with Crippen LogP contribution >= 0.6 is 24.4 Å². The van der Waals surface area contributed by atoms with Gasteiger partial charge in [-0.25, -0.2) is 13.8 Å². The number of cyclic esters (lactones) is 1. The second-order valence-corrected chi connectivity index (χ2v) is 6.94. The number of nitrogens with zero attached hydrogens (tertiary/aromatic N) is 1. The molecule has 1 aromatic carbocycles. The van der Waals surface area contributed by atoms with Gasteiger partial charge in [-0.05, 0) is 6.07 Å². The van der Waals surface area contributed by atoms with E-state index in [0.29, 0.717) is 5.75 Å². The van der Waals surface area contributed by atoms with E-state index >= 15 is 0 Å². The summed E-state index contributed by atoms with van der Waals surface area (Å²) in [6.45, 7) is -0.168. The highest BCUT2D eigenvalue weighted by atomic mass is 32.2. The van der Waals surface area contributed by atoms with Crippen LogP contribution in [0.15, 0.2) is 23.2 Å². The van der Waals surface area contributed by atoms with E-state index in [-0.39, 0.29) is 23.8 Å². The Hall–Kier alpha value is -1.28. The van der Waals surface area contributed by atoms with Crippen molar-refractivity contribution < 1.29 is 18.3 Å². The summed E-state index contributed by atoms with van der Waals surface area (Å²) in [5.74, 6) is -1.47. The Morgan fingerprint density at radius 1 is 1.43 bits per heavy atom. The summed E-state index contributed by atoms with van der Waals surface area (Å²) in [7, 11) is 0. The first-order chi connectivity index (χ1) is 9.86. The SMILES string of the molecule is NC1=NC2(c3ccc(F)cc3F)COC(=O)CC2(S)CS1. The molecule has 8 heteroatoms. The van der Waals surface area contributed by atoms with Crippen LogP contribution in [0.1, 0.15) is 12.0 Å². The Kier molecular flexibility index (Phi) is 3.40. The Bertz CT molecular complexity index is 655. The first-order valence-electron chi connectivity index (χ1n) is 6.18. The zero-order valence-electron chi connectivity index (χ0n) is 10.8. The number of amidine groups is 1. The van der Waals surface area contributed by atoms with Crippen LogP contribution < -0.4 is 5.73 Å². The molecule has 1 aromatic rings. The lowest BCUT2D eigenvalue weighted by atomic mass is 9.75. The number of carbonyl (C=O) groups is 1. The van der Waals surface area contributed by atoms with Crippen LogP contribution in [-0.2, 0) is 15.1 Å². The van der Waals surface area contributed by atoms with Gasteiger partial charge in [0, 0.05) is 17.4 Å². The monoisotopic (exact) mass is 330 g/mol. The summed E-state index contributed by atoms with van der Waals surface area (Å²) in [4.78, 5) is 15.9. The number of halogens is 2. The van der Waals surface area contributed by atoms with Gasteiger partial charge in [0.1, 0.15) is 23.8 Å². The summed E-state index contributed by atoms with van der Waals surface area (Å²) in [5.41, 5.74) is 4.67. The number of esters is 1. The van der Waals surface area contributed by atoms with Gasteiger partial charge in [-0.15, -0.1) is 0 Å². The molecular weight excluding hydrogens is 318 g/mol. The van der Waals surface area contributed by atoms with Crippen molar-refractivity contribution in [2.75, 3.05) is 12.4 Å². The van der Waals surface area contributed by atoms with Gasteiger partial charge >= 0.3 is 5.97 Å². The maximum absolute atomic E-state index is 14.3. The Morgan fingerprint density at radius 2 is 2.19 bits per heavy atom. The summed E-state index contributed by atoms with van der Waals surface area (Å²) >= 11 is 5.86. The van der Waals surface area contributed by atoms with Gasteiger partial charge in [-0.3, -0.25) is 4.79 Å². The fourth-order valence-corrected chi connectivity index (χ4v) is 4.19. The molecule has 0 aliphatic carbocycles. The molecule has 0 radical (unpaired) electrons. The van der Waals surface area contributed by atoms with Crippen molar-refractivity contribution in [3.05, 3.63) is 35.4 Å². The van der Waals surface area contributed by atoms with Gasteiger partial charge in [0.25, 0.3) is 0 Å². The fourth-order valence-electron chi connectivity index (χ4n) is 2.69. The second-order valence-electron chi connectivity index (χ2n) is 5.09. The number of nitrogens with two attached hydrogens (primary N) is 1. The highest BCUT2D eigenvalue weighted by molar-refractivity contribution is 8.14. The molecule has 2 heterocycles. The normalized spacial score (nSPS) is 32.1. The number of thioether (sulfide) groups is 1. The maximum atomic E-state index is 14.3. The number of hydrogen-bond acceptors (Lipinski definition) is 6. The highest BCUT2D eigenvalue weighted by Gasteiger charge is 2.58. The molecular formula is C13H12F2N2O2S2. The average Bonchev–Trinajstić information content (AvgIpc) is 2.40. The topological polar surface area (TPSA) is 64.7 Å². The Labute approximate surface area is 129 Å². The van der Waals surface area contributed by atoms with Crippen LogP contribution in [0.4, 0.5) is 8.78 Å². The van der Waals surface area contributed by atoms with Crippen molar-refractivity contribution in [1.29, 1.82) is 0 Å². The van der Waals surface area contributed by atoms with Crippen molar-refractivity contribution in [3.8, 4) is 0 Å². The Morgan fingerprint density at radius 3 is 2.90 bits per heavy atom. The first-order valence-corrected chi connectivity index (χ1v) is 7.61. The van der Waals surface area contributed by atoms with Crippen LogP contribution in [0.5, 0.6) is 0 Å².